The van der Waals surface area contributed by atoms with E-state index in [1.807, 2.05) is 6.07 Å². The third-order valence-corrected chi connectivity index (χ3v) is 5.34. The number of anilines is 1. The van der Waals surface area contributed by atoms with Crippen LogP contribution in [0.4, 0.5) is 23.5 Å². The number of benzene rings is 2. The van der Waals surface area contributed by atoms with E-state index in [0.29, 0.717) is 9.72 Å². The van der Waals surface area contributed by atoms with Crippen LogP contribution in [0.1, 0.15) is 5.56 Å². The third kappa shape index (κ3) is 5.55. The molecule has 158 valence electrons. The second kappa shape index (κ2) is 9.68. The Bertz CT molecular complexity index is 1040. The third-order valence-electron chi connectivity index (χ3n) is 4.03. The molecule has 0 saturated heterocycles. The highest BCUT2D eigenvalue weighted by atomic mass is 35.5. The van der Waals surface area contributed by atoms with Crippen molar-refractivity contribution >= 4 is 50.4 Å². The predicted molar refractivity (Wildman–Crippen MR) is 111 cm³/mol. The molecule has 0 spiro atoms. The van der Waals surface area contributed by atoms with Crippen molar-refractivity contribution in [2.24, 2.45) is 0 Å². The van der Waals surface area contributed by atoms with Crippen LogP contribution in [0.3, 0.4) is 0 Å². The molecule has 0 atom stereocenters. The number of ether oxygens (including phenoxy) is 1. The van der Waals surface area contributed by atoms with Crippen molar-refractivity contribution in [2.75, 3.05) is 25.5 Å². The van der Waals surface area contributed by atoms with Crippen LogP contribution in [0.25, 0.3) is 10.2 Å². The summed E-state index contributed by atoms with van der Waals surface area (Å²) in [7, 11) is 1.56. The minimum Gasteiger partial charge on any atom is -0.447 e. The van der Waals surface area contributed by atoms with E-state index in [9.17, 15) is 18.4 Å². The summed E-state index contributed by atoms with van der Waals surface area (Å²) in [5.74, 6) is -2.01. The van der Waals surface area contributed by atoms with E-state index in [0.717, 1.165) is 29.0 Å². The topological polar surface area (TPSA) is 83.6 Å². The molecule has 0 aliphatic rings. The number of nitrogens with zero attached hydrogens (tertiary/aromatic N) is 2. The van der Waals surface area contributed by atoms with E-state index in [2.05, 4.69) is 15.6 Å². The van der Waals surface area contributed by atoms with Gasteiger partial charge >= 0.3 is 12.1 Å². The maximum Gasteiger partial charge on any atom is 0.413 e. The second-order valence-electron chi connectivity index (χ2n) is 6.19. The SMILES string of the molecule is CN(CCOC(=O)Nc1nc2cc(F)c(F)cc2s1)C(=O)NCc1ccccc1Cl. The number of nitrogens with one attached hydrogen (secondary N) is 2. The first-order valence-electron chi connectivity index (χ1n) is 8.75. The van der Waals surface area contributed by atoms with Crippen LogP contribution >= 0.6 is 22.9 Å². The summed E-state index contributed by atoms with van der Waals surface area (Å²) in [6, 6.07) is 8.77. The average Bonchev–Trinajstić information content (AvgIpc) is 3.08. The summed E-state index contributed by atoms with van der Waals surface area (Å²) in [5, 5.41) is 5.81. The van der Waals surface area contributed by atoms with Crippen LogP contribution in [0.5, 0.6) is 0 Å². The van der Waals surface area contributed by atoms with E-state index in [4.69, 9.17) is 16.3 Å². The minimum atomic E-state index is -1.02. The molecular formula is C19H17ClF2N4O3S. The van der Waals surface area contributed by atoms with Crippen molar-refractivity contribution in [1.29, 1.82) is 0 Å². The molecule has 0 fully saturated rings. The zero-order chi connectivity index (χ0) is 21.7. The van der Waals surface area contributed by atoms with E-state index in [-0.39, 0.29) is 36.4 Å². The molecule has 3 aromatic rings. The highest BCUT2D eigenvalue weighted by Gasteiger charge is 2.13. The number of urea groups is 1. The number of amides is 3. The molecule has 0 aliphatic heterocycles. The first-order valence-corrected chi connectivity index (χ1v) is 9.94. The number of fused-ring (bicyclic) bond motifs is 1. The summed E-state index contributed by atoms with van der Waals surface area (Å²) in [5.41, 5.74) is 1.01. The van der Waals surface area contributed by atoms with Gasteiger partial charge in [0, 0.05) is 24.7 Å². The normalized spacial score (nSPS) is 10.7. The van der Waals surface area contributed by atoms with Crippen molar-refractivity contribution in [3.05, 3.63) is 58.6 Å². The standard InChI is InChI=1S/C19H17ClF2N4O3S/c1-26(18(27)23-10-11-4-2-3-5-12(11)20)6-7-29-19(28)25-17-24-15-8-13(21)14(22)9-16(15)30-17/h2-5,8-9H,6-7,10H2,1H3,(H,23,27)(H,24,25,28). The van der Waals surface area contributed by atoms with Crippen molar-refractivity contribution < 1.29 is 23.1 Å². The number of aromatic nitrogens is 1. The van der Waals surface area contributed by atoms with Gasteiger partial charge in [0.15, 0.2) is 16.8 Å². The highest BCUT2D eigenvalue weighted by molar-refractivity contribution is 7.22. The summed E-state index contributed by atoms with van der Waals surface area (Å²) in [4.78, 5) is 29.3. The summed E-state index contributed by atoms with van der Waals surface area (Å²) >= 11 is 7.03. The van der Waals surface area contributed by atoms with Crippen LogP contribution in [0.15, 0.2) is 36.4 Å². The molecule has 0 unspecified atom stereocenters. The number of likely N-dealkylation sites (N-methyl/N-ethyl adjacent to an activating group) is 1. The molecule has 3 amide bonds. The first-order chi connectivity index (χ1) is 14.3. The second-order valence-corrected chi connectivity index (χ2v) is 7.62. The summed E-state index contributed by atoms with van der Waals surface area (Å²) in [6.07, 6.45) is -0.792. The van der Waals surface area contributed by atoms with Gasteiger partial charge in [-0.25, -0.2) is 23.4 Å². The lowest BCUT2D eigenvalue weighted by atomic mass is 10.2. The van der Waals surface area contributed by atoms with Gasteiger partial charge in [-0.05, 0) is 17.7 Å². The van der Waals surface area contributed by atoms with E-state index < -0.39 is 17.7 Å². The fourth-order valence-corrected chi connectivity index (χ4v) is 3.49. The Labute approximate surface area is 179 Å². The molecule has 0 aliphatic carbocycles. The Balaban J connectivity index is 1.42. The molecule has 0 bridgehead atoms. The van der Waals surface area contributed by atoms with Gasteiger partial charge in [0.1, 0.15) is 6.61 Å². The molecule has 2 aromatic carbocycles. The van der Waals surface area contributed by atoms with Gasteiger partial charge in [-0.15, -0.1) is 0 Å². The molecule has 1 aromatic heterocycles. The molecule has 2 N–H and O–H groups in total. The van der Waals surface area contributed by atoms with Gasteiger partial charge < -0.3 is 15.0 Å². The number of hydrogen-bond acceptors (Lipinski definition) is 5. The van der Waals surface area contributed by atoms with Crippen LogP contribution in [0, 0.1) is 11.6 Å². The highest BCUT2D eigenvalue weighted by Crippen LogP contribution is 2.27. The fraction of sp³-hybridized carbons (Fsp3) is 0.211. The molecule has 3 rings (SSSR count). The van der Waals surface area contributed by atoms with Crippen molar-refractivity contribution in [2.45, 2.75) is 6.54 Å². The maximum absolute atomic E-state index is 13.2. The number of carbonyl (C=O) groups excluding carboxylic acids is 2. The van der Waals surface area contributed by atoms with Crippen LogP contribution in [0.2, 0.25) is 5.02 Å². The zero-order valence-electron chi connectivity index (χ0n) is 15.7. The largest absolute Gasteiger partial charge is 0.447 e. The smallest absolute Gasteiger partial charge is 0.413 e. The number of hydrogen-bond donors (Lipinski definition) is 2. The van der Waals surface area contributed by atoms with Gasteiger partial charge in [-0.3, -0.25) is 5.32 Å². The van der Waals surface area contributed by atoms with Crippen LogP contribution in [-0.4, -0.2) is 42.2 Å². The van der Waals surface area contributed by atoms with Crippen molar-refractivity contribution in [3.63, 3.8) is 0 Å². The Morgan fingerprint density at radius 3 is 2.73 bits per heavy atom. The van der Waals surface area contributed by atoms with Crippen LogP contribution < -0.4 is 10.6 Å². The van der Waals surface area contributed by atoms with E-state index in [1.54, 1.807) is 25.2 Å². The zero-order valence-corrected chi connectivity index (χ0v) is 17.3. The Morgan fingerprint density at radius 2 is 1.97 bits per heavy atom. The Hall–Kier alpha value is -2.98. The van der Waals surface area contributed by atoms with Crippen LogP contribution in [-0.2, 0) is 11.3 Å². The van der Waals surface area contributed by atoms with E-state index in [1.165, 1.54) is 4.90 Å². The van der Waals surface area contributed by atoms with Crippen molar-refractivity contribution in [1.82, 2.24) is 15.2 Å². The molecule has 1 heterocycles. The monoisotopic (exact) mass is 454 g/mol. The van der Waals surface area contributed by atoms with Gasteiger partial charge in [0.05, 0.1) is 16.8 Å². The summed E-state index contributed by atoms with van der Waals surface area (Å²) in [6.45, 7) is 0.358. The molecule has 30 heavy (non-hydrogen) atoms. The maximum atomic E-state index is 13.2. The summed E-state index contributed by atoms with van der Waals surface area (Å²) < 4.78 is 31.9. The molecule has 11 heteroatoms. The lowest BCUT2D eigenvalue weighted by Crippen LogP contribution is -2.39. The molecule has 0 saturated carbocycles. The molecule has 7 nitrogen and oxygen atoms in total. The number of carbonyl (C=O) groups is 2. The number of thiazole rings is 1. The van der Waals surface area contributed by atoms with Gasteiger partial charge in [0.25, 0.3) is 0 Å². The van der Waals surface area contributed by atoms with Gasteiger partial charge in [0.2, 0.25) is 0 Å². The van der Waals surface area contributed by atoms with Gasteiger partial charge in [-0.2, -0.15) is 0 Å². The Kier molecular flexibility index (Phi) is 7.01. The molecular weight excluding hydrogens is 438 g/mol. The number of rotatable bonds is 6. The number of halogens is 3. The minimum absolute atomic E-state index is 0.0595. The predicted octanol–water partition coefficient (Wildman–Crippen LogP) is 4.62. The van der Waals surface area contributed by atoms with E-state index >= 15 is 0 Å². The quantitative estimate of drug-likeness (QED) is 0.569. The average molecular weight is 455 g/mol. The first kappa shape index (κ1) is 21.7. The lowest BCUT2D eigenvalue weighted by Gasteiger charge is -2.18. The Morgan fingerprint density at radius 1 is 1.23 bits per heavy atom. The van der Waals surface area contributed by atoms with Crippen molar-refractivity contribution in [3.8, 4) is 0 Å². The lowest BCUT2D eigenvalue weighted by molar-refractivity contribution is 0.146. The molecule has 0 radical (unpaired) electrons. The fourth-order valence-electron chi connectivity index (χ4n) is 2.42. The van der Waals surface area contributed by atoms with Gasteiger partial charge in [-0.1, -0.05) is 41.1 Å².